The summed E-state index contributed by atoms with van der Waals surface area (Å²) in [5.41, 5.74) is 9.28. The molecule has 4 amide bonds. The highest BCUT2D eigenvalue weighted by molar-refractivity contribution is 7.92. The number of rotatable bonds is 7. The first kappa shape index (κ1) is 29.5. The van der Waals surface area contributed by atoms with Gasteiger partial charge in [-0.1, -0.05) is 48.5 Å². The average molecular weight is 630 g/mol. The van der Waals surface area contributed by atoms with Crippen LogP contribution in [0.2, 0.25) is 0 Å². The molecule has 0 fully saturated rings. The number of para-hydroxylation sites is 1. The minimum absolute atomic E-state index is 0.0809. The van der Waals surface area contributed by atoms with Gasteiger partial charge in [0, 0.05) is 36.6 Å². The number of amides is 4. The van der Waals surface area contributed by atoms with E-state index in [0.29, 0.717) is 36.7 Å². The van der Waals surface area contributed by atoms with E-state index in [1.807, 2.05) is 36.4 Å². The third-order valence-electron chi connectivity index (χ3n) is 7.85. The van der Waals surface area contributed by atoms with Crippen LogP contribution in [-0.4, -0.2) is 44.3 Å². The number of aryl methyl sites for hydroxylation is 1. The number of imide groups is 1. The number of urea groups is 1. The molecule has 10 nitrogen and oxygen atoms in total. The van der Waals surface area contributed by atoms with Crippen LogP contribution >= 0.6 is 11.3 Å². The molecule has 0 unspecified atom stereocenters. The Morgan fingerprint density at radius 3 is 2.34 bits per heavy atom. The minimum Gasteiger partial charge on any atom is -0.351 e. The standard InChI is InChI=1S/C32H31N5O5S2/c33-32(40)35-30(39)28-25-16-18-36(19-21-7-2-1-3-8-21)20-27(25)43-31(28)34-29(38)23-12-14-24(15-13-23)44(41,42)37-17-6-10-22-9-4-5-11-26(22)37/h1-5,7-9,11-15H,6,10,16-20H2,(H,34,38)(H3,33,35,39,40). The summed E-state index contributed by atoms with van der Waals surface area (Å²) in [5, 5.41) is 5.27. The first-order valence-corrected chi connectivity index (χ1v) is 16.5. The van der Waals surface area contributed by atoms with Gasteiger partial charge in [-0.25, -0.2) is 13.2 Å². The van der Waals surface area contributed by atoms with Crippen molar-refractivity contribution < 1.29 is 22.8 Å². The molecule has 0 bridgehead atoms. The van der Waals surface area contributed by atoms with Gasteiger partial charge in [0.2, 0.25) is 0 Å². The summed E-state index contributed by atoms with van der Waals surface area (Å²) in [6.07, 6.45) is 2.09. The molecule has 0 radical (unpaired) electrons. The van der Waals surface area contributed by atoms with Crippen molar-refractivity contribution in [3.63, 3.8) is 0 Å². The van der Waals surface area contributed by atoms with Crippen LogP contribution in [0.5, 0.6) is 0 Å². The molecule has 44 heavy (non-hydrogen) atoms. The van der Waals surface area contributed by atoms with Crippen molar-refractivity contribution in [3.05, 3.63) is 112 Å². The number of hydrogen-bond donors (Lipinski definition) is 3. The van der Waals surface area contributed by atoms with Crippen molar-refractivity contribution >= 4 is 49.9 Å². The largest absolute Gasteiger partial charge is 0.351 e. The number of sulfonamides is 1. The molecule has 0 saturated carbocycles. The number of nitrogens with zero attached hydrogens (tertiary/aromatic N) is 2. The molecule has 4 aromatic rings. The third-order valence-corrected chi connectivity index (χ3v) is 10.8. The van der Waals surface area contributed by atoms with Gasteiger partial charge in [0.15, 0.2) is 0 Å². The lowest BCUT2D eigenvalue weighted by Gasteiger charge is -2.30. The lowest BCUT2D eigenvalue weighted by Crippen LogP contribution is -2.36. The summed E-state index contributed by atoms with van der Waals surface area (Å²) < 4.78 is 28.5. The number of hydrogen-bond acceptors (Lipinski definition) is 7. The van der Waals surface area contributed by atoms with Crippen LogP contribution in [-0.2, 0) is 36.0 Å². The Morgan fingerprint density at radius 1 is 0.864 bits per heavy atom. The van der Waals surface area contributed by atoms with Gasteiger partial charge in [0.05, 0.1) is 16.1 Å². The van der Waals surface area contributed by atoms with Crippen molar-refractivity contribution in [2.24, 2.45) is 5.73 Å². The van der Waals surface area contributed by atoms with Crippen LogP contribution < -0.4 is 20.7 Å². The van der Waals surface area contributed by atoms with E-state index in [2.05, 4.69) is 27.7 Å². The zero-order valence-corrected chi connectivity index (χ0v) is 25.4. The molecule has 12 heteroatoms. The Hall–Kier alpha value is -4.52. The van der Waals surface area contributed by atoms with Crippen molar-refractivity contribution in [2.75, 3.05) is 22.7 Å². The minimum atomic E-state index is -3.83. The molecule has 0 saturated heterocycles. The molecule has 2 aliphatic rings. The number of carbonyl (C=O) groups excluding carboxylic acids is 3. The molecule has 6 rings (SSSR count). The van der Waals surface area contributed by atoms with Crippen LogP contribution in [0.1, 0.15) is 48.7 Å². The molecule has 1 aromatic heterocycles. The smallest absolute Gasteiger partial charge is 0.319 e. The van der Waals surface area contributed by atoms with Crippen LogP contribution in [0.15, 0.2) is 83.8 Å². The number of primary amides is 1. The van der Waals surface area contributed by atoms with Crippen molar-refractivity contribution in [1.82, 2.24) is 10.2 Å². The third kappa shape index (κ3) is 5.96. The highest BCUT2D eigenvalue weighted by Crippen LogP contribution is 2.38. The van der Waals surface area contributed by atoms with E-state index in [-0.39, 0.29) is 16.0 Å². The summed E-state index contributed by atoms with van der Waals surface area (Å²) in [4.78, 5) is 41.2. The molecule has 0 atom stereocenters. The topological polar surface area (TPSA) is 142 Å². The van der Waals surface area contributed by atoms with E-state index in [1.54, 1.807) is 6.07 Å². The maximum atomic E-state index is 13.5. The van der Waals surface area contributed by atoms with Gasteiger partial charge in [-0.3, -0.25) is 24.1 Å². The van der Waals surface area contributed by atoms with Gasteiger partial charge in [0.25, 0.3) is 21.8 Å². The second-order valence-electron chi connectivity index (χ2n) is 10.8. The van der Waals surface area contributed by atoms with Gasteiger partial charge < -0.3 is 11.1 Å². The second-order valence-corrected chi connectivity index (χ2v) is 13.7. The van der Waals surface area contributed by atoms with Gasteiger partial charge >= 0.3 is 6.03 Å². The number of fused-ring (bicyclic) bond motifs is 2. The second kappa shape index (κ2) is 12.2. The highest BCUT2D eigenvalue weighted by Gasteiger charge is 2.31. The number of thiophene rings is 1. The van der Waals surface area contributed by atoms with Gasteiger partial charge in [-0.05, 0) is 66.3 Å². The number of nitrogens with two attached hydrogens (primary N) is 1. The van der Waals surface area contributed by atoms with E-state index < -0.39 is 27.9 Å². The number of anilines is 2. The van der Waals surface area contributed by atoms with Crippen molar-refractivity contribution in [2.45, 2.75) is 37.2 Å². The lowest BCUT2D eigenvalue weighted by atomic mass is 10.0. The predicted octanol–water partition coefficient (Wildman–Crippen LogP) is 4.51. The fourth-order valence-corrected chi connectivity index (χ4v) is 8.59. The average Bonchev–Trinajstić information content (AvgIpc) is 3.38. The molecular weight excluding hydrogens is 599 g/mol. The van der Waals surface area contributed by atoms with Crippen LogP contribution in [0, 0.1) is 0 Å². The van der Waals surface area contributed by atoms with Crippen LogP contribution in [0.4, 0.5) is 15.5 Å². The normalized spacial score (nSPS) is 14.8. The molecular formula is C32H31N5O5S2. The monoisotopic (exact) mass is 629 g/mol. The number of benzene rings is 3. The Bertz CT molecular complexity index is 1840. The maximum Gasteiger partial charge on any atom is 0.319 e. The van der Waals surface area contributed by atoms with E-state index in [1.165, 1.54) is 45.5 Å². The number of nitrogens with one attached hydrogen (secondary N) is 2. The molecule has 3 heterocycles. The van der Waals surface area contributed by atoms with Gasteiger partial charge in [0.1, 0.15) is 5.00 Å². The first-order chi connectivity index (χ1) is 21.2. The SMILES string of the molecule is NC(=O)NC(=O)c1c(NC(=O)c2ccc(S(=O)(=O)N3CCCc4ccccc43)cc2)sc2c1CCN(Cc1ccccc1)C2. The molecule has 3 aromatic carbocycles. The highest BCUT2D eigenvalue weighted by atomic mass is 32.2. The fourth-order valence-electron chi connectivity index (χ4n) is 5.77. The molecule has 0 aliphatic carbocycles. The Balaban J connectivity index is 1.23. The van der Waals surface area contributed by atoms with E-state index >= 15 is 0 Å². The van der Waals surface area contributed by atoms with Crippen LogP contribution in [0.3, 0.4) is 0 Å². The zero-order chi connectivity index (χ0) is 30.8. The van der Waals surface area contributed by atoms with E-state index in [9.17, 15) is 22.8 Å². The number of carbonyl (C=O) groups is 3. The lowest BCUT2D eigenvalue weighted by molar-refractivity contribution is 0.0965. The zero-order valence-electron chi connectivity index (χ0n) is 23.8. The summed E-state index contributed by atoms with van der Waals surface area (Å²) >= 11 is 1.29. The Kier molecular flexibility index (Phi) is 8.21. The van der Waals surface area contributed by atoms with Gasteiger partial charge in [-0.15, -0.1) is 11.3 Å². The molecule has 2 aliphatic heterocycles. The van der Waals surface area contributed by atoms with Crippen molar-refractivity contribution in [3.8, 4) is 0 Å². The predicted molar refractivity (Wildman–Crippen MR) is 169 cm³/mol. The first-order valence-electron chi connectivity index (χ1n) is 14.2. The summed E-state index contributed by atoms with van der Waals surface area (Å²) in [7, 11) is -3.83. The molecule has 4 N–H and O–H groups in total. The van der Waals surface area contributed by atoms with Crippen molar-refractivity contribution in [1.29, 1.82) is 0 Å². The molecule has 226 valence electrons. The summed E-state index contributed by atoms with van der Waals surface area (Å²) in [6, 6.07) is 22.3. The van der Waals surface area contributed by atoms with E-state index in [4.69, 9.17) is 5.73 Å². The Morgan fingerprint density at radius 2 is 1.59 bits per heavy atom. The molecule has 0 spiro atoms. The summed E-state index contributed by atoms with van der Waals surface area (Å²) in [6.45, 7) is 2.39. The van der Waals surface area contributed by atoms with E-state index in [0.717, 1.165) is 35.4 Å². The quantitative estimate of drug-likeness (QED) is 0.275. The Labute approximate surface area is 259 Å². The fraction of sp³-hybridized carbons (Fsp3) is 0.219. The maximum absolute atomic E-state index is 13.5. The summed E-state index contributed by atoms with van der Waals surface area (Å²) in [5.74, 6) is -1.19. The van der Waals surface area contributed by atoms with Crippen LogP contribution in [0.25, 0.3) is 0 Å². The van der Waals surface area contributed by atoms with Gasteiger partial charge in [-0.2, -0.15) is 0 Å².